The molecule has 0 unspecified atom stereocenters. The Morgan fingerprint density at radius 3 is 2.85 bits per heavy atom. The molecule has 0 N–H and O–H groups in total. The SMILES string of the molecule is N#Cc1ccccc1CN1C(=O)Cc2ccc(Cl)cc21. The molecule has 98 valence electrons. The summed E-state index contributed by atoms with van der Waals surface area (Å²) in [6, 6.07) is 14.9. The number of nitrogens with zero attached hydrogens (tertiary/aromatic N) is 2. The van der Waals surface area contributed by atoms with Crippen LogP contribution in [0.5, 0.6) is 0 Å². The van der Waals surface area contributed by atoms with E-state index in [1.807, 2.05) is 24.3 Å². The molecule has 3 rings (SSSR count). The zero-order valence-electron chi connectivity index (χ0n) is 10.6. The van der Waals surface area contributed by atoms with Crippen LogP contribution in [-0.4, -0.2) is 5.91 Å². The van der Waals surface area contributed by atoms with E-state index in [1.165, 1.54) is 0 Å². The normalized spacial score (nSPS) is 13.2. The average molecular weight is 283 g/mol. The lowest BCUT2D eigenvalue weighted by molar-refractivity contribution is -0.117. The van der Waals surface area contributed by atoms with Crippen molar-refractivity contribution in [2.75, 3.05) is 4.90 Å². The van der Waals surface area contributed by atoms with E-state index in [-0.39, 0.29) is 5.91 Å². The van der Waals surface area contributed by atoms with Crippen LogP contribution in [0.1, 0.15) is 16.7 Å². The van der Waals surface area contributed by atoms with Crippen LogP contribution in [0.4, 0.5) is 5.69 Å². The van der Waals surface area contributed by atoms with Gasteiger partial charge in [-0.2, -0.15) is 5.26 Å². The second-order valence-electron chi connectivity index (χ2n) is 4.70. The maximum Gasteiger partial charge on any atom is 0.231 e. The van der Waals surface area contributed by atoms with E-state index in [0.29, 0.717) is 23.6 Å². The summed E-state index contributed by atoms with van der Waals surface area (Å²) in [5.74, 6) is 0.0370. The van der Waals surface area contributed by atoms with Crippen molar-refractivity contribution in [3.8, 4) is 6.07 Å². The molecule has 0 aliphatic carbocycles. The van der Waals surface area contributed by atoms with Gasteiger partial charge in [-0.05, 0) is 29.3 Å². The van der Waals surface area contributed by atoms with E-state index in [4.69, 9.17) is 16.9 Å². The van der Waals surface area contributed by atoms with Gasteiger partial charge in [-0.1, -0.05) is 35.9 Å². The third-order valence-corrected chi connectivity index (χ3v) is 3.68. The Labute approximate surface area is 122 Å². The molecule has 0 fully saturated rings. The molecule has 20 heavy (non-hydrogen) atoms. The molecule has 1 amide bonds. The van der Waals surface area contributed by atoms with Gasteiger partial charge in [0.25, 0.3) is 0 Å². The monoisotopic (exact) mass is 282 g/mol. The molecule has 1 aliphatic rings. The molecule has 4 heteroatoms. The van der Waals surface area contributed by atoms with Gasteiger partial charge in [-0.25, -0.2) is 0 Å². The average Bonchev–Trinajstić information content (AvgIpc) is 2.76. The van der Waals surface area contributed by atoms with Crippen molar-refractivity contribution in [2.24, 2.45) is 0 Å². The second kappa shape index (κ2) is 4.99. The fourth-order valence-corrected chi connectivity index (χ4v) is 2.61. The summed E-state index contributed by atoms with van der Waals surface area (Å²) >= 11 is 6.01. The van der Waals surface area contributed by atoms with Crippen LogP contribution in [0.25, 0.3) is 0 Å². The van der Waals surface area contributed by atoms with Crippen molar-refractivity contribution in [1.29, 1.82) is 5.26 Å². The van der Waals surface area contributed by atoms with Crippen LogP contribution >= 0.6 is 11.6 Å². The smallest absolute Gasteiger partial charge is 0.231 e. The Morgan fingerprint density at radius 1 is 1.25 bits per heavy atom. The number of carbonyl (C=O) groups is 1. The molecule has 0 atom stereocenters. The number of benzene rings is 2. The van der Waals surface area contributed by atoms with E-state index in [1.54, 1.807) is 23.1 Å². The molecule has 2 aromatic carbocycles. The summed E-state index contributed by atoms with van der Waals surface area (Å²) in [4.78, 5) is 13.8. The van der Waals surface area contributed by atoms with Gasteiger partial charge in [0.1, 0.15) is 0 Å². The van der Waals surface area contributed by atoms with Crippen molar-refractivity contribution in [2.45, 2.75) is 13.0 Å². The molecule has 0 bridgehead atoms. The molecular weight excluding hydrogens is 272 g/mol. The highest BCUT2D eigenvalue weighted by Crippen LogP contribution is 2.32. The lowest BCUT2D eigenvalue weighted by Gasteiger charge is -2.18. The second-order valence-corrected chi connectivity index (χ2v) is 5.14. The van der Waals surface area contributed by atoms with Crippen LogP contribution in [0, 0.1) is 11.3 Å². The van der Waals surface area contributed by atoms with Gasteiger partial charge in [0.15, 0.2) is 0 Å². The summed E-state index contributed by atoms with van der Waals surface area (Å²) in [7, 11) is 0. The first kappa shape index (κ1) is 12.7. The Balaban J connectivity index is 1.98. The van der Waals surface area contributed by atoms with Crippen LogP contribution in [0.3, 0.4) is 0 Å². The van der Waals surface area contributed by atoms with Gasteiger partial charge in [0, 0.05) is 10.7 Å². The number of amides is 1. The predicted octanol–water partition coefficient (Wildman–Crippen LogP) is 3.30. The molecule has 0 spiro atoms. The zero-order chi connectivity index (χ0) is 14.1. The first-order valence-corrected chi connectivity index (χ1v) is 6.63. The number of halogens is 1. The molecule has 0 radical (unpaired) electrons. The summed E-state index contributed by atoms with van der Waals surface area (Å²) in [5, 5.41) is 9.73. The number of rotatable bonds is 2. The van der Waals surface area contributed by atoms with Crippen LogP contribution < -0.4 is 4.90 Å². The van der Waals surface area contributed by atoms with Crippen LogP contribution in [-0.2, 0) is 17.8 Å². The highest BCUT2D eigenvalue weighted by Gasteiger charge is 2.27. The fourth-order valence-electron chi connectivity index (χ4n) is 2.44. The molecule has 1 aliphatic heterocycles. The lowest BCUT2D eigenvalue weighted by atomic mass is 10.1. The summed E-state index contributed by atoms with van der Waals surface area (Å²) in [6.07, 6.45) is 0.390. The standard InChI is InChI=1S/C16H11ClN2O/c17-14-6-5-11-7-16(20)19(15(11)8-14)10-13-4-2-1-3-12(13)9-18/h1-6,8H,7,10H2. The number of nitriles is 1. The quantitative estimate of drug-likeness (QED) is 0.848. The van der Waals surface area contributed by atoms with Crippen molar-refractivity contribution in [3.05, 3.63) is 64.2 Å². The maximum absolute atomic E-state index is 12.1. The van der Waals surface area contributed by atoms with Crippen molar-refractivity contribution in [1.82, 2.24) is 0 Å². The minimum atomic E-state index is 0.0370. The first-order chi connectivity index (χ1) is 9.69. The van der Waals surface area contributed by atoms with Gasteiger partial charge in [0.05, 0.1) is 24.6 Å². The van der Waals surface area contributed by atoms with Crippen molar-refractivity contribution in [3.63, 3.8) is 0 Å². The van der Waals surface area contributed by atoms with E-state index < -0.39 is 0 Å². The van der Waals surface area contributed by atoms with Gasteiger partial charge in [-0.3, -0.25) is 4.79 Å². The van der Waals surface area contributed by atoms with E-state index in [2.05, 4.69) is 6.07 Å². The molecule has 0 saturated heterocycles. The zero-order valence-corrected chi connectivity index (χ0v) is 11.4. The summed E-state index contributed by atoms with van der Waals surface area (Å²) in [6.45, 7) is 0.399. The largest absolute Gasteiger partial charge is 0.307 e. The van der Waals surface area contributed by atoms with Gasteiger partial charge < -0.3 is 4.90 Å². The minimum Gasteiger partial charge on any atom is -0.307 e. The van der Waals surface area contributed by atoms with Gasteiger partial charge in [-0.15, -0.1) is 0 Å². The molecule has 0 saturated carbocycles. The van der Waals surface area contributed by atoms with E-state index >= 15 is 0 Å². The van der Waals surface area contributed by atoms with Gasteiger partial charge in [0.2, 0.25) is 5.91 Å². The number of hydrogen-bond acceptors (Lipinski definition) is 2. The number of hydrogen-bond donors (Lipinski definition) is 0. The maximum atomic E-state index is 12.1. The molecule has 0 aromatic heterocycles. The predicted molar refractivity (Wildman–Crippen MR) is 77.5 cm³/mol. The number of anilines is 1. The topological polar surface area (TPSA) is 44.1 Å². The fraction of sp³-hybridized carbons (Fsp3) is 0.125. The Morgan fingerprint density at radius 2 is 2.05 bits per heavy atom. The molecule has 3 nitrogen and oxygen atoms in total. The van der Waals surface area contributed by atoms with E-state index in [0.717, 1.165) is 16.8 Å². The Kier molecular flexibility index (Phi) is 3.17. The van der Waals surface area contributed by atoms with Crippen LogP contribution in [0.2, 0.25) is 5.02 Å². The molecular formula is C16H11ClN2O. The Bertz CT molecular complexity index is 733. The lowest BCUT2D eigenvalue weighted by Crippen LogP contribution is -2.26. The third-order valence-electron chi connectivity index (χ3n) is 3.45. The first-order valence-electron chi connectivity index (χ1n) is 6.26. The van der Waals surface area contributed by atoms with Crippen LogP contribution in [0.15, 0.2) is 42.5 Å². The van der Waals surface area contributed by atoms with Crippen molar-refractivity contribution < 1.29 is 4.79 Å². The highest BCUT2D eigenvalue weighted by molar-refractivity contribution is 6.31. The summed E-state index contributed by atoms with van der Waals surface area (Å²) in [5.41, 5.74) is 3.26. The van der Waals surface area contributed by atoms with E-state index in [9.17, 15) is 4.79 Å². The molecule has 1 heterocycles. The van der Waals surface area contributed by atoms with Gasteiger partial charge >= 0.3 is 0 Å². The molecule has 2 aromatic rings. The number of carbonyl (C=O) groups excluding carboxylic acids is 1. The third kappa shape index (κ3) is 2.15. The number of fused-ring (bicyclic) bond motifs is 1. The Hall–Kier alpha value is -2.31. The van der Waals surface area contributed by atoms with Crippen molar-refractivity contribution >= 4 is 23.2 Å². The highest BCUT2D eigenvalue weighted by atomic mass is 35.5. The summed E-state index contributed by atoms with van der Waals surface area (Å²) < 4.78 is 0. The minimum absolute atomic E-state index is 0.0370.